The average molecular weight is 391 g/mol. The molecule has 0 atom stereocenters. The van der Waals surface area contributed by atoms with Crippen LogP contribution in [-0.2, 0) is 9.59 Å². The van der Waals surface area contributed by atoms with E-state index in [-0.39, 0.29) is 18.8 Å². The molecule has 10 heteroatoms. The predicted octanol–water partition coefficient (Wildman–Crippen LogP) is 1.89. The van der Waals surface area contributed by atoms with Crippen LogP contribution in [0.2, 0.25) is 5.02 Å². The first-order valence-electron chi connectivity index (χ1n) is 7.65. The maximum Gasteiger partial charge on any atom is 0.270 e. The molecule has 0 fully saturated rings. The van der Waals surface area contributed by atoms with E-state index >= 15 is 0 Å². The van der Waals surface area contributed by atoms with Crippen LogP contribution in [0.1, 0.15) is 5.56 Å². The molecule has 0 aromatic heterocycles. The number of rotatable bonds is 8. The number of nitrogens with zero attached hydrogens (tertiary/aromatic N) is 2. The maximum atomic E-state index is 11.6. The molecule has 0 radical (unpaired) electrons. The first-order valence-corrected chi connectivity index (χ1v) is 8.03. The van der Waals surface area contributed by atoms with Gasteiger partial charge in [0.25, 0.3) is 17.5 Å². The van der Waals surface area contributed by atoms with Crippen LogP contribution in [0.15, 0.2) is 53.6 Å². The fourth-order valence-corrected chi connectivity index (χ4v) is 1.97. The van der Waals surface area contributed by atoms with Crippen molar-refractivity contribution in [2.24, 2.45) is 5.10 Å². The number of amides is 2. The molecule has 0 unspecified atom stereocenters. The Balaban J connectivity index is 1.70. The van der Waals surface area contributed by atoms with E-state index in [1.165, 1.54) is 24.4 Å². The third-order valence-corrected chi connectivity index (χ3v) is 3.37. The van der Waals surface area contributed by atoms with Crippen LogP contribution in [0.3, 0.4) is 0 Å². The molecule has 2 rings (SSSR count). The van der Waals surface area contributed by atoms with Gasteiger partial charge in [0, 0.05) is 22.7 Å². The summed E-state index contributed by atoms with van der Waals surface area (Å²) in [5.74, 6) is -0.570. The Labute approximate surface area is 159 Å². The van der Waals surface area contributed by atoms with Gasteiger partial charge < -0.3 is 10.1 Å². The number of hydrazone groups is 1. The van der Waals surface area contributed by atoms with E-state index in [0.29, 0.717) is 16.3 Å². The molecule has 0 bridgehead atoms. The number of halogens is 1. The molecule has 2 aromatic rings. The lowest BCUT2D eigenvalue weighted by molar-refractivity contribution is -0.384. The van der Waals surface area contributed by atoms with Crippen molar-refractivity contribution in [3.63, 3.8) is 0 Å². The summed E-state index contributed by atoms with van der Waals surface area (Å²) in [7, 11) is 0. The zero-order valence-corrected chi connectivity index (χ0v) is 14.7. The lowest BCUT2D eigenvalue weighted by Crippen LogP contribution is -2.37. The molecule has 27 heavy (non-hydrogen) atoms. The lowest BCUT2D eigenvalue weighted by atomic mass is 10.2. The van der Waals surface area contributed by atoms with E-state index in [9.17, 15) is 19.7 Å². The Bertz CT molecular complexity index is 855. The van der Waals surface area contributed by atoms with Gasteiger partial charge in [0.05, 0.1) is 17.7 Å². The normalized spacial score (nSPS) is 10.4. The van der Waals surface area contributed by atoms with Crippen LogP contribution < -0.4 is 15.5 Å². The minimum Gasteiger partial charge on any atom is -0.484 e. The van der Waals surface area contributed by atoms with Gasteiger partial charge in [-0.1, -0.05) is 23.7 Å². The van der Waals surface area contributed by atoms with Crippen molar-refractivity contribution in [3.8, 4) is 5.75 Å². The Morgan fingerprint density at radius 1 is 1.19 bits per heavy atom. The Morgan fingerprint density at radius 2 is 1.93 bits per heavy atom. The number of carbonyl (C=O) groups excluding carboxylic acids is 2. The average Bonchev–Trinajstić information content (AvgIpc) is 2.66. The number of nitro groups is 1. The molecule has 0 heterocycles. The maximum absolute atomic E-state index is 11.6. The molecular formula is C17H15ClN4O5. The molecule has 0 spiro atoms. The highest BCUT2D eigenvalue weighted by molar-refractivity contribution is 6.30. The molecule has 0 aliphatic heterocycles. The summed E-state index contributed by atoms with van der Waals surface area (Å²) < 4.78 is 5.24. The minimum atomic E-state index is -0.559. The third-order valence-electron chi connectivity index (χ3n) is 3.11. The summed E-state index contributed by atoms with van der Waals surface area (Å²) >= 11 is 5.74. The van der Waals surface area contributed by atoms with E-state index in [2.05, 4.69) is 15.8 Å². The summed E-state index contributed by atoms with van der Waals surface area (Å²) in [6, 6.07) is 12.2. The van der Waals surface area contributed by atoms with Gasteiger partial charge in [-0.05, 0) is 24.3 Å². The number of carbonyl (C=O) groups is 2. The minimum absolute atomic E-state index is 0.0850. The van der Waals surface area contributed by atoms with E-state index in [0.717, 1.165) is 0 Å². The zero-order valence-electron chi connectivity index (χ0n) is 13.9. The quantitative estimate of drug-likeness (QED) is 0.405. The van der Waals surface area contributed by atoms with Crippen molar-refractivity contribution >= 4 is 35.3 Å². The predicted molar refractivity (Wildman–Crippen MR) is 98.8 cm³/mol. The van der Waals surface area contributed by atoms with Crippen LogP contribution in [0.4, 0.5) is 5.69 Å². The van der Waals surface area contributed by atoms with Crippen molar-refractivity contribution in [3.05, 3.63) is 69.2 Å². The van der Waals surface area contributed by atoms with Gasteiger partial charge in [0.15, 0.2) is 6.61 Å². The third kappa shape index (κ3) is 7.12. The fourth-order valence-electron chi connectivity index (χ4n) is 1.85. The van der Waals surface area contributed by atoms with Gasteiger partial charge in [0.1, 0.15) is 5.75 Å². The molecular weight excluding hydrogens is 376 g/mol. The van der Waals surface area contributed by atoms with Crippen molar-refractivity contribution in [2.45, 2.75) is 0 Å². The number of non-ortho nitro benzene ring substituents is 1. The van der Waals surface area contributed by atoms with E-state index in [1.807, 2.05) is 0 Å². The number of hydrogen-bond acceptors (Lipinski definition) is 6. The van der Waals surface area contributed by atoms with Gasteiger partial charge in [-0.2, -0.15) is 5.10 Å². The highest BCUT2D eigenvalue weighted by Crippen LogP contribution is 2.15. The molecule has 140 valence electrons. The van der Waals surface area contributed by atoms with Crippen molar-refractivity contribution in [2.75, 3.05) is 13.2 Å². The lowest BCUT2D eigenvalue weighted by Gasteiger charge is -2.07. The number of benzene rings is 2. The van der Waals surface area contributed by atoms with Gasteiger partial charge in [-0.15, -0.1) is 0 Å². The molecule has 2 N–H and O–H groups in total. The summed E-state index contributed by atoms with van der Waals surface area (Å²) in [6.45, 7) is -0.555. The molecule has 0 aliphatic rings. The first-order chi connectivity index (χ1) is 12.9. The topological polar surface area (TPSA) is 123 Å². The second-order valence-corrected chi connectivity index (χ2v) is 5.60. The SMILES string of the molecule is O=C(COc1ccc(Cl)cc1)NCC(=O)N/N=C\c1cccc([N+](=O)[O-])c1. The summed E-state index contributed by atoms with van der Waals surface area (Å²) in [5, 5.41) is 17.3. The monoisotopic (exact) mass is 390 g/mol. The smallest absolute Gasteiger partial charge is 0.270 e. The van der Waals surface area contributed by atoms with Crippen LogP contribution in [-0.4, -0.2) is 36.1 Å². The second-order valence-electron chi connectivity index (χ2n) is 5.16. The molecule has 2 aromatic carbocycles. The van der Waals surface area contributed by atoms with Gasteiger partial charge in [-0.25, -0.2) is 5.43 Å². The standard InChI is InChI=1S/C17H15ClN4O5/c18-13-4-6-15(7-5-13)27-11-17(24)19-10-16(23)21-20-9-12-2-1-3-14(8-12)22(25)26/h1-9H,10-11H2,(H,19,24)(H,21,23)/b20-9-. The van der Waals surface area contributed by atoms with Gasteiger partial charge >= 0.3 is 0 Å². The van der Waals surface area contributed by atoms with Gasteiger partial charge in [-0.3, -0.25) is 19.7 Å². The first kappa shape index (κ1) is 19.9. The highest BCUT2D eigenvalue weighted by Gasteiger charge is 2.06. The Kier molecular flexibility index (Phi) is 7.26. The Morgan fingerprint density at radius 3 is 2.63 bits per heavy atom. The molecule has 0 aliphatic carbocycles. The summed E-state index contributed by atoms with van der Waals surface area (Å²) in [4.78, 5) is 33.4. The molecule has 9 nitrogen and oxygen atoms in total. The van der Waals surface area contributed by atoms with Crippen LogP contribution in [0.5, 0.6) is 5.75 Å². The van der Waals surface area contributed by atoms with E-state index < -0.39 is 16.7 Å². The highest BCUT2D eigenvalue weighted by atomic mass is 35.5. The van der Waals surface area contributed by atoms with Crippen molar-refractivity contribution < 1.29 is 19.2 Å². The van der Waals surface area contributed by atoms with Crippen molar-refractivity contribution in [1.29, 1.82) is 0 Å². The summed E-state index contributed by atoms with van der Waals surface area (Å²) in [5.41, 5.74) is 2.57. The van der Waals surface area contributed by atoms with Crippen molar-refractivity contribution in [1.82, 2.24) is 10.7 Å². The second kappa shape index (κ2) is 9.88. The van der Waals surface area contributed by atoms with Crippen LogP contribution in [0.25, 0.3) is 0 Å². The number of nitro benzene ring substituents is 1. The number of ether oxygens (including phenoxy) is 1. The fraction of sp³-hybridized carbons (Fsp3) is 0.118. The molecule has 2 amide bonds. The molecule has 0 saturated carbocycles. The Hall–Kier alpha value is -3.46. The summed E-state index contributed by atoms with van der Waals surface area (Å²) in [6.07, 6.45) is 1.26. The van der Waals surface area contributed by atoms with E-state index in [1.54, 1.807) is 30.3 Å². The number of nitrogens with one attached hydrogen (secondary N) is 2. The van der Waals surface area contributed by atoms with Gasteiger partial charge in [0.2, 0.25) is 0 Å². The number of hydrogen-bond donors (Lipinski definition) is 2. The van der Waals surface area contributed by atoms with Crippen LogP contribution in [0, 0.1) is 10.1 Å². The largest absolute Gasteiger partial charge is 0.484 e. The zero-order chi connectivity index (χ0) is 19.6. The van der Waals surface area contributed by atoms with Crippen LogP contribution >= 0.6 is 11.6 Å². The van der Waals surface area contributed by atoms with E-state index in [4.69, 9.17) is 16.3 Å². The molecule has 0 saturated heterocycles.